The highest BCUT2D eigenvalue weighted by Gasteiger charge is 2.09. The van der Waals surface area contributed by atoms with Crippen LogP contribution >= 0.6 is 23.4 Å². The van der Waals surface area contributed by atoms with Gasteiger partial charge in [0.2, 0.25) is 5.91 Å². The first-order valence-corrected chi connectivity index (χ1v) is 8.53. The second-order valence-electron chi connectivity index (χ2n) is 4.86. The number of anilines is 1. The lowest BCUT2D eigenvalue weighted by Gasteiger charge is -2.07. The zero-order chi connectivity index (χ0) is 17.5. The molecule has 1 amide bonds. The molecule has 4 nitrogen and oxygen atoms in total. The Morgan fingerprint density at radius 1 is 1.25 bits per heavy atom. The highest BCUT2D eigenvalue weighted by atomic mass is 35.5. The average Bonchev–Trinajstić information content (AvgIpc) is 2.57. The largest absolute Gasteiger partial charge is 0.465 e. The number of hydrogen-bond acceptors (Lipinski definition) is 4. The molecule has 0 heterocycles. The summed E-state index contributed by atoms with van der Waals surface area (Å²) in [6, 6.07) is 11.1. The molecule has 7 heteroatoms. The molecule has 0 fully saturated rings. The van der Waals surface area contributed by atoms with E-state index in [4.69, 9.17) is 11.6 Å². The lowest BCUT2D eigenvalue weighted by atomic mass is 10.1. The number of thioether (sulfide) groups is 1. The van der Waals surface area contributed by atoms with E-state index in [2.05, 4.69) is 10.1 Å². The van der Waals surface area contributed by atoms with Crippen molar-refractivity contribution < 1.29 is 18.7 Å². The molecule has 0 spiro atoms. The van der Waals surface area contributed by atoms with Gasteiger partial charge >= 0.3 is 5.97 Å². The Balaban J connectivity index is 1.85. The van der Waals surface area contributed by atoms with E-state index < -0.39 is 11.8 Å². The monoisotopic (exact) mass is 367 g/mol. The molecular formula is C17H15ClFNO3S. The minimum atomic E-state index is -0.577. The number of amides is 1. The number of nitrogens with one attached hydrogen (secondary N) is 1. The predicted molar refractivity (Wildman–Crippen MR) is 94.0 cm³/mol. The van der Waals surface area contributed by atoms with Crippen LogP contribution in [0, 0.1) is 5.82 Å². The van der Waals surface area contributed by atoms with Gasteiger partial charge in [-0.05, 0) is 35.9 Å². The first kappa shape index (κ1) is 18.3. The van der Waals surface area contributed by atoms with Crippen LogP contribution in [0.2, 0.25) is 5.02 Å². The van der Waals surface area contributed by atoms with Gasteiger partial charge in [0.25, 0.3) is 0 Å². The summed E-state index contributed by atoms with van der Waals surface area (Å²) < 4.78 is 18.3. The number of methoxy groups -OCH3 is 1. The van der Waals surface area contributed by atoms with Gasteiger partial charge in [0.05, 0.1) is 24.1 Å². The minimum Gasteiger partial charge on any atom is -0.465 e. The molecule has 0 aromatic heterocycles. The summed E-state index contributed by atoms with van der Waals surface area (Å²) in [7, 11) is 1.32. The van der Waals surface area contributed by atoms with Crippen molar-refractivity contribution in [3.05, 3.63) is 64.4 Å². The van der Waals surface area contributed by atoms with E-state index in [1.165, 1.54) is 31.0 Å². The molecular weight excluding hydrogens is 353 g/mol. The Morgan fingerprint density at radius 3 is 2.75 bits per heavy atom. The molecule has 0 aliphatic carbocycles. The fraction of sp³-hybridized carbons (Fsp3) is 0.176. The Hall–Kier alpha value is -2.05. The molecule has 0 saturated carbocycles. The van der Waals surface area contributed by atoms with Crippen molar-refractivity contribution in [2.75, 3.05) is 18.2 Å². The number of halogens is 2. The van der Waals surface area contributed by atoms with Crippen molar-refractivity contribution in [1.29, 1.82) is 0 Å². The summed E-state index contributed by atoms with van der Waals surface area (Å²) in [5.41, 5.74) is 1.45. The Kier molecular flexibility index (Phi) is 6.63. The highest BCUT2D eigenvalue weighted by molar-refractivity contribution is 7.99. The fourth-order valence-electron chi connectivity index (χ4n) is 1.94. The Labute approximate surface area is 148 Å². The van der Waals surface area contributed by atoms with Crippen LogP contribution in [0.5, 0.6) is 0 Å². The van der Waals surface area contributed by atoms with E-state index in [1.807, 2.05) is 6.07 Å². The molecule has 2 aromatic carbocycles. The van der Waals surface area contributed by atoms with Crippen molar-refractivity contribution in [2.45, 2.75) is 5.75 Å². The van der Waals surface area contributed by atoms with Gasteiger partial charge in [-0.3, -0.25) is 4.79 Å². The maximum atomic E-state index is 13.6. The third-order valence-corrected chi connectivity index (χ3v) is 4.29. The van der Waals surface area contributed by atoms with Crippen LogP contribution in [0.3, 0.4) is 0 Å². The first-order chi connectivity index (χ1) is 11.5. The van der Waals surface area contributed by atoms with Crippen LogP contribution in [0.1, 0.15) is 15.9 Å². The number of ether oxygens (including phenoxy) is 1. The normalized spacial score (nSPS) is 10.3. The van der Waals surface area contributed by atoms with Crippen LogP contribution in [0.4, 0.5) is 10.1 Å². The van der Waals surface area contributed by atoms with E-state index in [1.54, 1.807) is 18.2 Å². The zero-order valence-corrected chi connectivity index (χ0v) is 14.4. The molecule has 1 N–H and O–H groups in total. The maximum absolute atomic E-state index is 13.6. The number of hydrogen-bond donors (Lipinski definition) is 1. The predicted octanol–water partition coefficient (Wildman–Crippen LogP) is 4.14. The summed E-state index contributed by atoms with van der Waals surface area (Å²) in [4.78, 5) is 23.3. The number of rotatable bonds is 6. The van der Waals surface area contributed by atoms with E-state index in [0.717, 1.165) is 11.6 Å². The molecule has 0 atom stereocenters. The van der Waals surface area contributed by atoms with E-state index in [-0.39, 0.29) is 22.4 Å². The van der Waals surface area contributed by atoms with Crippen molar-refractivity contribution in [3.63, 3.8) is 0 Å². The Bertz CT molecular complexity index is 754. The SMILES string of the molecule is COC(=O)c1cccc(CSCC(=O)Nc2ccc(Cl)cc2F)c1. The fourth-order valence-corrected chi connectivity index (χ4v) is 2.88. The molecule has 24 heavy (non-hydrogen) atoms. The lowest BCUT2D eigenvalue weighted by molar-refractivity contribution is -0.113. The number of benzene rings is 2. The van der Waals surface area contributed by atoms with Crippen molar-refractivity contribution >= 4 is 40.9 Å². The number of carbonyl (C=O) groups is 2. The summed E-state index contributed by atoms with van der Waals surface area (Å²) in [5.74, 6) is -0.596. The zero-order valence-electron chi connectivity index (χ0n) is 12.8. The lowest BCUT2D eigenvalue weighted by Crippen LogP contribution is -2.15. The molecule has 0 saturated heterocycles. The molecule has 2 rings (SSSR count). The quantitative estimate of drug-likeness (QED) is 0.780. The van der Waals surface area contributed by atoms with Crippen molar-refractivity contribution in [2.24, 2.45) is 0 Å². The standard InChI is InChI=1S/C17H15ClFNO3S/c1-23-17(22)12-4-2-3-11(7-12)9-24-10-16(21)20-15-6-5-13(18)8-14(15)19/h2-8H,9-10H2,1H3,(H,20,21). The first-order valence-electron chi connectivity index (χ1n) is 6.99. The Morgan fingerprint density at radius 2 is 2.04 bits per heavy atom. The number of carbonyl (C=O) groups excluding carboxylic acids is 2. The third kappa shape index (κ3) is 5.25. The van der Waals surface area contributed by atoms with Gasteiger partial charge in [0.15, 0.2) is 0 Å². The third-order valence-electron chi connectivity index (χ3n) is 3.06. The van der Waals surface area contributed by atoms with Crippen molar-refractivity contribution in [3.8, 4) is 0 Å². The summed E-state index contributed by atoms with van der Waals surface area (Å²) in [5, 5.41) is 2.76. The van der Waals surface area contributed by atoms with Gasteiger partial charge in [-0.15, -0.1) is 11.8 Å². The van der Waals surface area contributed by atoms with Gasteiger partial charge in [0.1, 0.15) is 5.82 Å². The molecule has 126 valence electrons. The summed E-state index contributed by atoms with van der Waals surface area (Å²) in [6.07, 6.45) is 0. The average molecular weight is 368 g/mol. The second-order valence-corrected chi connectivity index (χ2v) is 6.28. The molecule has 0 bridgehead atoms. The van der Waals surface area contributed by atoms with Gasteiger partial charge in [-0.1, -0.05) is 23.7 Å². The highest BCUT2D eigenvalue weighted by Crippen LogP contribution is 2.20. The second kappa shape index (κ2) is 8.70. The molecule has 2 aromatic rings. The van der Waals surface area contributed by atoms with Crippen LogP contribution in [0.15, 0.2) is 42.5 Å². The van der Waals surface area contributed by atoms with Crippen LogP contribution in [-0.4, -0.2) is 24.7 Å². The molecule has 0 aliphatic heterocycles. The molecule has 0 aliphatic rings. The van der Waals surface area contributed by atoms with Crippen LogP contribution in [-0.2, 0) is 15.3 Å². The van der Waals surface area contributed by atoms with Crippen molar-refractivity contribution in [1.82, 2.24) is 0 Å². The van der Waals surface area contributed by atoms with Crippen LogP contribution in [0.25, 0.3) is 0 Å². The molecule has 0 radical (unpaired) electrons. The maximum Gasteiger partial charge on any atom is 0.337 e. The van der Waals surface area contributed by atoms with E-state index in [0.29, 0.717) is 11.3 Å². The van der Waals surface area contributed by atoms with E-state index in [9.17, 15) is 14.0 Å². The molecule has 0 unspecified atom stereocenters. The van der Waals surface area contributed by atoms with Gasteiger partial charge in [0, 0.05) is 10.8 Å². The smallest absolute Gasteiger partial charge is 0.337 e. The van der Waals surface area contributed by atoms with E-state index >= 15 is 0 Å². The summed E-state index contributed by atoms with van der Waals surface area (Å²) in [6.45, 7) is 0. The minimum absolute atomic E-state index is 0.0951. The summed E-state index contributed by atoms with van der Waals surface area (Å²) >= 11 is 7.02. The number of esters is 1. The van der Waals surface area contributed by atoms with Crippen LogP contribution < -0.4 is 5.32 Å². The van der Waals surface area contributed by atoms with Gasteiger partial charge in [-0.2, -0.15) is 0 Å². The topological polar surface area (TPSA) is 55.4 Å². The van der Waals surface area contributed by atoms with Gasteiger partial charge in [-0.25, -0.2) is 9.18 Å². The van der Waals surface area contributed by atoms with Gasteiger partial charge < -0.3 is 10.1 Å².